The van der Waals surface area contributed by atoms with Crippen LogP contribution in [0.3, 0.4) is 0 Å². The lowest BCUT2D eigenvalue weighted by Gasteiger charge is -2.25. The van der Waals surface area contributed by atoms with Crippen LogP contribution in [0.2, 0.25) is 5.02 Å². The summed E-state index contributed by atoms with van der Waals surface area (Å²) in [5, 5.41) is 12.4. The zero-order valence-electron chi connectivity index (χ0n) is 12.0. The summed E-state index contributed by atoms with van der Waals surface area (Å²) in [5.74, 6) is -0.426. The molecule has 0 spiro atoms. The molecule has 4 nitrogen and oxygen atoms in total. The first kappa shape index (κ1) is 16.3. The molecule has 5 heteroatoms. The zero-order chi connectivity index (χ0) is 15.2. The van der Waals surface area contributed by atoms with Gasteiger partial charge in [0.2, 0.25) is 0 Å². The molecule has 0 fully saturated rings. The van der Waals surface area contributed by atoms with Crippen molar-refractivity contribution in [2.75, 3.05) is 19.0 Å². The fraction of sp³-hybridized carbons (Fsp3) is 0.467. The maximum Gasteiger partial charge on any atom is 0.340 e. The molecule has 0 bridgehead atoms. The molecule has 0 aliphatic rings. The Hall–Kier alpha value is -1.73. The van der Waals surface area contributed by atoms with Crippen molar-refractivity contribution in [1.29, 1.82) is 5.26 Å². The average Bonchev–Trinajstić information content (AvgIpc) is 2.43. The molecule has 1 N–H and O–H groups in total. The number of carbonyl (C=O) groups is 1. The molecule has 108 valence electrons. The van der Waals surface area contributed by atoms with Gasteiger partial charge in [-0.3, -0.25) is 0 Å². The first-order chi connectivity index (χ1) is 9.39. The van der Waals surface area contributed by atoms with Gasteiger partial charge in [0.15, 0.2) is 0 Å². The molecule has 0 amide bonds. The van der Waals surface area contributed by atoms with E-state index in [4.69, 9.17) is 21.6 Å². The number of esters is 1. The highest BCUT2D eigenvalue weighted by molar-refractivity contribution is 6.31. The van der Waals surface area contributed by atoms with Crippen LogP contribution in [0.5, 0.6) is 0 Å². The largest absolute Gasteiger partial charge is 0.465 e. The minimum atomic E-state index is -0.426. The summed E-state index contributed by atoms with van der Waals surface area (Å²) in [6, 6.07) is 7.21. The van der Waals surface area contributed by atoms with Gasteiger partial charge in [-0.15, -0.1) is 0 Å². The second-order valence-corrected chi connectivity index (χ2v) is 5.79. The summed E-state index contributed by atoms with van der Waals surface area (Å²) in [4.78, 5) is 11.7. The average molecular weight is 295 g/mol. The highest BCUT2D eigenvalue weighted by Gasteiger charge is 2.19. The molecule has 1 rings (SSSR count). The molecule has 0 aliphatic heterocycles. The third-order valence-electron chi connectivity index (χ3n) is 3.06. The standard InChI is InChI=1S/C15H19ClN2O2/c1-15(2,7-4-8-17)10-18-13-6-5-11(16)9-12(13)14(19)20-3/h5-6,9,18H,4,7,10H2,1-3H3. The van der Waals surface area contributed by atoms with Crippen LogP contribution in [-0.4, -0.2) is 19.6 Å². The summed E-state index contributed by atoms with van der Waals surface area (Å²) in [5.41, 5.74) is 1.06. The van der Waals surface area contributed by atoms with Crippen molar-refractivity contribution in [3.8, 4) is 6.07 Å². The Bertz CT molecular complexity index is 521. The predicted octanol–water partition coefficient (Wildman–Crippen LogP) is 3.87. The van der Waals surface area contributed by atoms with E-state index < -0.39 is 5.97 Å². The van der Waals surface area contributed by atoms with Gasteiger partial charge in [0.1, 0.15) is 0 Å². The van der Waals surface area contributed by atoms with Crippen LogP contribution in [0.1, 0.15) is 37.0 Å². The van der Waals surface area contributed by atoms with E-state index in [2.05, 4.69) is 25.2 Å². The summed E-state index contributed by atoms with van der Waals surface area (Å²) >= 11 is 5.90. The number of anilines is 1. The fourth-order valence-electron chi connectivity index (χ4n) is 1.77. The Kier molecular flexibility index (Phi) is 5.84. The summed E-state index contributed by atoms with van der Waals surface area (Å²) in [7, 11) is 1.34. The summed E-state index contributed by atoms with van der Waals surface area (Å²) in [6.45, 7) is 4.80. The van der Waals surface area contributed by atoms with Gasteiger partial charge in [-0.2, -0.15) is 5.26 Å². The van der Waals surface area contributed by atoms with Gasteiger partial charge >= 0.3 is 5.97 Å². The number of carbonyl (C=O) groups excluding carboxylic acids is 1. The van der Waals surface area contributed by atoms with Crippen LogP contribution >= 0.6 is 11.6 Å². The summed E-state index contributed by atoms with van der Waals surface area (Å²) < 4.78 is 4.75. The van der Waals surface area contributed by atoms with Crippen molar-refractivity contribution in [2.45, 2.75) is 26.7 Å². The third-order valence-corrected chi connectivity index (χ3v) is 3.29. The Balaban J connectivity index is 2.82. The van der Waals surface area contributed by atoms with Gasteiger partial charge in [-0.05, 0) is 30.0 Å². The van der Waals surface area contributed by atoms with Crippen molar-refractivity contribution < 1.29 is 9.53 Å². The number of halogens is 1. The third kappa shape index (κ3) is 4.75. The molecule has 0 saturated heterocycles. The lowest BCUT2D eigenvalue weighted by atomic mass is 9.88. The predicted molar refractivity (Wildman–Crippen MR) is 79.9 cm³/mol. The van der Waals surface area contributed by atoms with Crippen LogP contribution < -0.4 is 5.32 Å². The number of benzene rings is 1. The molecule has 1 aromatic carbocycles. The van der Waals surface area contributed by atoms with E-state index in [-0.39, 0.29) is 5.41 Å². The van der Waals surface area contributed by atoms with E-state index in [1.807, 2.05) is 0 Å². The van der Waals surface area contributed by atoms with Crippen LogP contribution in [0.15, 0.2) is 18.2 Å². The van der Waals surface area contributed by atoms with Gasteiger partial charge in [-0.25, -0.2) is 4.79 Å². The molecular weight excluding hydrogens is 276 g/mol. The SMILES string of the molecule is COC(=O)c1cc(Cl)ccc1NCC(C)(C)CCC#N. The van der Waals surface area contributed by atoms with Crippen molar-refractivity contribution in [3.05, 3.63) is 28.8 Å². The van der Waals surface area contributed by atoms with Crippen LogP contribution in [0, 0.1) is 16.7 Å². The number of hydrogen-bond acceptors (Lipinski definition) is 4. The van der Waals surface area contributed by atoms with Gasteiger partial charge < -0.3 is 10.1 Å². The van der Waals surface area contributed by atoms with Gasteiger partial charge in [0.05, 0.1) is 18.7 Å². The Morgan fingerprint density at radius 3 is 2.80 bits per heavy atom. The topological polar surface area (TPSA) is 62.1 Å². The highest BCUT2D eigenvalue weighted by atomic mass is 35.5. The smallest absolute Gasteiger partial charge is 0.340 e. The van der Waals surface area contributed by atoms with Crippen LogP contribution in [0.25, 0.3) is 0 Å². The van der Waals surface area contributed by atoms with Crippen LogP contribution in [-0.2, 0) is 4.74 Å². The van der Waals surface area contributed by atoms with E-state index in [1.165, 1.54) is 7.11 Å². The first-order valence-electron chi connectivity index (χ1n) is 6.38. The van der Waals surface area contributed by atoms with Crippen molar-refractivity contribution >= 4 is 23.3 Å². The van der Waals surface area contributed by atoms with E-state index in [1.54, 1.807) is 18.2 Å². The molecular formula is C15H19ClN2O2. The number of nitrogens with one attached hydrogen (secondary N) is 1. The quantitative estimate of drug-likeness (QED) is 0.809. The fourth-order valence-corrected chi connectivity index (χ4v) is 1.94. The minimum absolute atomic E-state index is 0.0389. The number of methoxy groups -OCH3 is 1. The molecule has 1 aromatic rings. The monoisotopic (exact) mass is 294 g/mol. The molecule has 0 radical (unpaired) electrons. The highest BCUT2D eigenvalue weighted by Crippen LogP contribution is 2.26. The maximum atomic E-state index is 11.7. The van der Waals surface area contributed by atoms with Gasteiger partial charge in [0, 0.05) is 23.7 Å². The van der Waals surface area contributed by atoms with Gasteiger partial charge in [0.25, 0.3) is 0 Å². The maximum absolute atomic E-state index is 11.7. The van der Waals surface area contributed by atoms with E-state index in [0.717, 1.165) is 6.42 Å². The van der Waals surface area contributed by atoms with E-state index in [9.17, 15) is 4.79 Å². The molecule has 0 aliphatic carbocycles. The van der Waals surface area contributed by atoms with Crippen molar-refractivity contribution in [1.82, 2.24) is 0 Å². The lowest BCUT2D eigenvalue weighted by molar-refractivity contribution is 0.0601. The summed E-state index contributed by atoms with van der Waals surface area (Å²) in [6.07, 6.45) is 1.30. The van der Waals surface area contributed by atoms with Crippen molar-refractivity contribution in [3.63, 3.8) is 0 Å². The normalized spacial score (nSPS) is 10.8. The number of nitriles is 1. The molecule has 0 heterocycles. The number of rotatable bonds is 6. The Morgan fingerprint density at radius 1 is 1.50 bits per heavy atom. The second kappa shape index (κ2) is 7.16. The molecule has 0 atom stereocenters. The van der Waals surface area contributed by atoms with E-state index >= 15 is 0 Å². The second-order valence-electron chi connectivity index (χ2n) is 5.36. The van der Waals surface area contributed by atoms with Gasteiger partial charge in [-0.1, -0.05) is 25.4 Å². The molecule has 0 aromatic heterocycles. The van der Waals surface area contributed by atoms with Crippen molar-refractivity contribution in [2.24, 2.45) is 5.41 Å². The van der Waals surface area contributed by atoms with E-state index in [0.29, 0.717) is 29.2 Å². The Labute approximate surface area is 124 Å². The number of ether oxygens (including phenoxy) is 1. The first-order valence-corrected chi connectivity index (χ1v) is 6.76. The molecule has 0 unspecified atom stereocenters. The molecule has 0 saturated carbocycles. The lowest BCUT2D eigenvalue weighted by Crippen LogP contribution is -2.23. The number of hydrogen-bond donors (Lipinski definition) is 1. The number of nitrogens with zero attached hydrogens (tertiary/aromatic N) is 1. The molecule has 20 heavy (non-hydrogen) atoms. The van der Waals surface area contributed by atoms with Crippen LogP contribution in [0.4, 0.5) is 5.69 Å². The Morgan fingerprint density at radius 2 is 2.20 bits per heavy atom. The zero-order valence-corrected chi connectivity index (χ0v) is 12.8. The minimum Gasteiger partial charge on any atom is -0.465 e.